The summed E-state index contributed by atoms with van der Waals surface area (Å²) < 4.78 is 12.1. The van der Waals surface area contributed by atoms with Crippen LogP contribution in [0.4, 0.5) is 4.39 Å². The molecule has 1 heterocycles. The van der Waals surface area contributed by atoms with Gasteiger partial charge >= 0.3 is 0 Å². The topological polar surface area (TPSA) is 0 Å². The van der Waals surface area contributed by atoms with Crippen LogP contribution in [0.25, 0.3) is 0 Å². The lowest BCUT2D eigenvalue weighted by molar-refractivity contribution is 0.625. The number of aryl methyl sites for hydroxylation is 1. The Labute approximate surface area is 59.3 Å². The average Bonchev–Trinajstić information content (AvgIpc) is 2.23. The Hall–Kier alpha value is -0.370. The highest BCUT2D eigenvalue weighted by atomic mass is 32.1. The van der Waals surface area contributed by atoms with E-state index in [9.17, 15) is 4.39 Å². The predicted molar refractivity (Wildman–Crippen MR) is 40.4 cm³/mol. The summed E-state index contributed by atoms with van der Waals surface area (Å²) in [6, 6.07) is 1.47. The summed E-state index contributed by atoms with van der Waals surface area (Å²) in [7, 11) is 0. The molecule has 52 valence electrons. The highest BCUT2D eigenvalue weighted by molar-refractivity contribution is 7.09. The lowest BCUT2D eigenvalue weighted by Gasteiger charge is -1.75. The van der Waals surface area contributed by atoms with E-state index in [1.807, 2.05) is 13.8 Å². The van der Waals surface area contributed by atoms with Gasteiger partial charge in [0.15, 0.2) is 0 Å². The molecular formula is C7H11FS. The molecule has 0 bridgehead atoms. The zero-order chi connectivity index (χ0) is 7.28. The largest absolute Gasteiger partial charge is 0.206 e. The molecule has 0 aliphatic rings. The van der Waals surface area contributed by atoms with Gasteiger partial charge in [-0.15, -0.1) is 11.3 Å². The van der Waals surface area contributed by atoms with E-state index < -0.39 is 0 Å². The van der Waals surface area contributed by atoms with E-state index in [1.165, 1.54) is 17.4 Å². The van der Waals surface area contributed by atoms with Crippen molar-refractivity contribution < 1.29 is 4.39 Å². The minimum absolute atomic E-state index is 0.0926. The van der Waals surface area contributed by atoms with Crippen LogP contribution in [0.2, 0.25) is 0 Å². The molecule has 0 aliphatic heterocycles. The van der Waals surface area contributed by atoms with Gasteiger partial charge in [0.05, 0.1) is 0 Å². The number of rotatable bonds is 0. The Morgan fingerprint density at radius 1 is 1.44 bits per heavy atom. The molecule has 1 aromatic rings. The van der Waals surface area contributed by atoms with E-state index >= 15 is 0 Å². The SMILES string of the molecule is CC.Cc1sccc1F. The summed E-state index contributed by atoms with van der Waals surface area (Å²) in [6.45, 7) is 5.76. The zero-order valence-electron chi connectivity index (χ0n) is 5.94. The summed E-state index contributed by atoms with van der Waals surface area (Å²) in [4.78, 5) is 0.764. The van der Waals surface area contributed by atoms with Crippen molar-refractivity contribution in [2.75, 3.05) is 0 Å². The quantitative estimate of drug-likeness (QED) is 0.527. The number of halogens is 1. The van der Waals surface area contributed by atoms with Crippen LogP contribution in [-0.2, 0) is 0 Å². The third-order valence-electron chi connectivity index (χ3n) is 0.796. The van der Waals surface area contributed by atoms with E-state index in [0.29, 0.717) is 0 Å². The molecule has 0 aromatic carbocycles. The summed E-state index contributed by atoms with van der Waals surface area (Å²) in [5, 5.41) is 1.74. The van der Waals surface area contributed by atoms with Crippen LogP contribution in [0.3, 0.4) is 0 Å². The summed E-state index contributed by atoms with van der Waals surface area (Å²) in [5.41, 5.74) is 0. The van der Waals surface area contributed by atoms with Crippen molar-refractivity contribution in [2.24, 2.45) is 0 Å². The minimum atomic E-state index is -0.0926. The van der Waals surface area contributed by atoms with Gasteiger partial charge in [-0.2, -0.15) is 0 Å². The highest BCUT2D eigenvalue weighted by Crippen LogP contribution is 2.11. The molecular weight excluding hydrogens is 135 g/mol. The maximum Gasteiger partial charge on any atom is 0.136 e. The summed E-state index contributed by atoms with van der Waals surface area (Å²) in [6.07, 6.45) is 0. The second kappa shape index (κ2) is 4.50. The van der Waals surface area contributed by atoms with Crippen LogP contribution in [-0.4, -0.2) is 0 Å². The molecule has 0 nitrogen and oxygen atoms in total. The monoisotopic (exact) mass is 146 g/mol. The lowest BCUT2D eigenvalue weighted by Crippen LogP contribution is -1.63. The minimum Gasteiger partial charge on any atom is -0.206 e. The molecule has 0 saturated carbocycles. The van der Waals surface area contributed by atoms with E-state index in [4.69, 9.17) is 0 Å². The van der Waals surface area contributed by atoms with Crippen molar-refractivity contribution in [3.63, 3.8) is 0 Å². The van der Waals surface area contributed by atoms with Crippen LogP contribution in [0.5, 0.6) is 0 Å². The second-order valence-electron chi connectivity index (χ2n) is 1.32. The van der Waals surface area contributed by atoms with E-state index in [-0.39, 0.29) is 5.82 Å². The van der Waals surface area contributed by atoms with Crippen molar-refractivity contribution in [2.45, 2.75) is 20.8 Å². The summed E-state index contributed by atoms with van der Waals surface area (Å²) in [5.74, 6) is -0.0926. The van der Waals surface area contributed by atoms with Crippen LogP contribution in [0, 0.1) is 12.7 Å². The molecule has 0 saturated heterocycles. The number of thiophene rings is 1. The van der Waals surface area contributed by atoms with Crippen LogP contribution in [0.1, 0.15) is 18.7 Å². The third-order valence-corrected chi connectivity index (χ3v) is 1.62. The van der Waals surface area contributed by atoms with Gasteiger partial charge in [0.2, 0.25) is 0 Å². The van der Waals surface area contributed by atoms with Crippen molar-refractivity contribution in [3.8, 4) is 0 Å². The average molecular weight is 146 g/mol. The Kier molecular flexibility index (Phi) is 4.32. The molecule has 0 unspecified atom stereocenters. The van der Waals surface area contributed by atoms with Gasteiger partial charge in [-0.25, -0.2) is 4.39 Å². The van der Waals surface area contributed by atoms with Crippen molar-refractivity contribution in [3.05, 3.63) is 22.1 Å². The van der Waals surface area contributed by atoms with E-state index in [2.05, 4.69) is 0 Å². The molecule has 0 atom stereocenters. The first-order valence-corrected chi connectivity index (χ1v) is 3.88. The smallest absolute Gasteiger partial charge is 0.136 e. The Morgan fingerprint density at radius 2 is 2.00 bits per heavy atom. The van der Waals surface area contributed by atoms with Gasteiger partial charge in [0.25, 0.3) is 0 Å². The van der Waals surface area contributed by atoms with E-state index in [0.717, 1.165) is 4.88 Å². The molecule has 0 amide bonds. The first kappa shape index (κ1) is 8.63. The fourth-order valence-electron chi connectivity index (χ4n) is 0.369. The van der Waals surface area contributed by atoms with Gasteiger partial charge in [-0.1, -0.05) is 13.8 Å². The molecule has 1 rings (SSSR count). The van der Waals surface area contributed by atoms with Gasteiger partial charge in [0.1, 0.15) is 5.82 Å². The maximum atomic E-state index is 12.1. The third kappa shape index (κ3) is 2.61. The molecule has 2 heteroatoms. The van der Waals surface area contributed by atoms with Gasteiger partial charge < -0.3 is 0 Å². The second-order valence-corrected chi connectivity index (χ2v) is 2.44. The Bertz CT molecular complexity index is 141. The first-order valence-electron chi connectivity index (χ1n) is 3.00. The Balaban J connectivity index is 0.000000291. The highest BCUT2D eigenvalue weighted by Gasteiger charge is 1.92. The predicted octanol–water partition coefficient (Wildman–Crippen LogP) is 3.22. The Morgan fingerprint density at radius 3 is 2.11 bits per heavy atom. The molecule has 0 fully saturated rings. The summed E-state index contributed by atoms with van der Waals surface area (Å²) >= 11 is 1.43. The van der Waals surface area contributed by atoms with Crippen LogP contribution in [0.15, 0.2) is 11.4 Å². The van der Waals surface area contributed by atoms with Gasteiger partial charge in [-0.3, -0.25) is 0 Å². The fourth-order valence-corrected chi connectivity index (χ4v) is 0.942. The van der Waals surface area contributed by atoms with Crippen molar-refractivity contribution in [1.82, 2.24) is 0 Å². The molecule has 0 radical (unpaired) electrons. The maximum absolute atomic E-state index is 12.1. The molecule has 0 spiro atoms. The van der Waals surface area contributed by atoms with Crippen LogP contribution < -0.4 is 0 Å². The molecule has 1 aromatic heterocycles. The van der Waals surface area contributed by atoms with Crippen molar-refractivity contribution in [1.29, 1.82) is 0 Å². The normalized spacial score (nSPS) is 8.00. The lowest BCUT2D eigenvalue weighted by atomic mass is 10.5. The van der Waals surface area contributed by atoms with E-state index in [1.54, 1.807) is 12.3 Å². The zero-order valence-corrected chi connectivity index (χ0v) is 6.76. The van der Waals surface area contributed by atoms with Gasteiger partial charge in [-0.05, 0) is 18.4 Å². The van der Waals surface area contributed by atoms with Crippen LogP contribution >= 0.6 is 11.3 Å². The fraction of sp³-hybridized carbons (Fsp3) is 0.429. The van der Waals surface area contributed by atoms with Gasteiger partial charge in [0, 0.05) is 4.88 Å². The van der Waals surface area contributed by atoms with Crippen molar-refractivity contribution >= 4 is 11.3 Å². The molecule has 0 aliphatic carbocycles. The first-order chi connectivity index (χ1) is 4.30. The number of hydrogen-bond acceptors (Lipinski definition) is 1. The number of hydrogen-bond donors (Lipinski definition) is 0. The standard InChI is InChI=1S/C5H5FS.C2H6/c1-4-5(6)2-3-7-4;1-2/h2-3H,1H3;1-2H3. The molecule has 0 N–H and O–H groups in total. The molecule has 9 heavy (non-hydrogen) atoms.